The molecule has 0 bridgehead atoms. The van der Waals surface area contributed by atoms with E-state index in [1.54, 1.807) is 0 Å². The van der Waals surface area contributed by atoms with E-state index in [0.29, 0.717) is 5.82 Å². The topological polar surface area (TPSA) is 90.1 Å². The zero-order valence-corrected chi connectivity index (χ0v) is 18.6. The van der Waals surface area contributed by atoms with Gasteiger partial charge >= 0.3 is 0 Å². The second-order valence-corrected chi connectivity index (χ2v) is 8.02. The summed E-state index contributed by atoms with van der Waals surface area (Å²) in [6.07, 6.45) is 6.93. The van der Waals surface area contributed by atoms with Crippen LogP contribution < -0.4 is 0 Å². The molecule has 1 aromatic carbocycles. The molecule has 0 fully saturated rings. The fourth-order valence-corrected chi connectivity index (χ4v) is 4.08. The van der Waals surface area contributed by atoms with Crippen LogP contribution in [0.15, 0.2) is 48.8 Å². The minimum absolute atomic E-state index is 0.587. The molecular weight excluding hydrogens is 400 g/mol. The molecule has 0 atom stereocenters. The van der Waals surface area contributed by atoms with Crippen LogP contribution in [0.2, 0.25) is 0 Å². The molecule has 5 rings (SSSR count). The van der Waals surface area contributed by atoms with Crippen LogP contribution in [0.25, 0.3) is 28.4 Å². The highest BCUT2D eigenvalue weighted by Crippen LogP contribution is 2.25. The van der Waals surface area contributed by atoms with Crippen molar-refractivity contribution in [1.29, 1.82) is 0 Å². The number of rotatable bonds is 7. The van der Waals surface area contributed by atoms with Crippen LogP contribution in [0.1, 0.15) is 42.8 Å². The van der Waals surface area contributed by atoms with Crippen LogP contribution in [-0.4, -0.2) is 39.7 Å². The van der Waals surface area contributed by atoms with Crippen LogP contribution in [0, 0.1) is 6.92 Å². The summed E-state index contributed by atoms with van der Waals surface area (Å²) >= 11 is 0. The lowest BCUT2D eigenvalue weighted by molar-refractivity contribution is 0.716. The second-order valence-electron chi connectivity index (χ2n) is 8.02. The molecule has 0 saturated heterocycles. The number of aromatic amines is 1. The predicted octanol–water partition coefficient (Wildman–Crippen LogP) is 4.27. The van der Waals surface area contributed by atoms with Crippen LogP contribution >= 0.6 is 0 Å². The average molecular weight is 427 g/mol. The first-order valence-corrected chi connectivity index (χ1v) is 11.0. The fourth-order valence-electron chi connectivity index (χ4n) is 4.08. The Morgan fingerprint density at radius 1 is 1.03 bits per heavy atom. The number of fused-ring (bicyclic) bond motifs is 1. The maximum atomic E-state index is 4.89. The Morgan fingerprint density at radius 3 is 2.59 bits per heavy atom. The molecule has 5 aromatic rings. The van der Waals surface area contributed by atoms with Gasteiger partial charge in [-0.05, 0) is 65.9 Å². The fraction of sp³-hybridized carbons (Fsp3) is 0.292. The number of hydrogen-bond acceptors (Lipinski definition) is 5. The number of aromatic nitrogens is 8. The van der Waals surface area contributed by atoms with E-state index in [0.717, 1.165) is 59.7 Å². The van der Waals surface area contributed by atoms with Gasteiger partial charge < -0.3 is 9.13 Å². The third-order valence-corrected chi connectivity index (χ3v) is 5.80. The zero-order valence-electron chi connectivity index (χ0n) is 18.6. The lowest BCUT2D eigenvalue weighted by Crippen LogP contribution is -2.06. The van der Waals surface area contributed by atoms with Gasteiger partial charge in [0.2, 0.25) is 5.82 Å². The summed E-state index contributed by atoms with van der Waals surface area (Å²) < 4.78 is 4.37. The zero-order chi connectivity index (χ0) is 22.1. The Labute approximate surface area is 186 Å². The molecule has 1 N–H and O–H groups in total. The maximum Gasteiger partial charge on any atom is 0.221 e. The summed E-state index contributed by atoms with van der Waals surface area (Å²) in [7, 11) is 0. The number of aryl methyl sites for hydroxylation is 3. The van der Waals surface area contributed by atoms with Crippen LogP contribution in [0.4, 0.5) is 0 Å². The Balaban J connectivity index is 1.49. The standard InChI is InChI=1S/C24H26N8/c1-4-6-21-26-22-16(3)11-12-25-24(22)32(21)15-18-7-9-19(10-8-18)31-14-17(5-2)13-20(31)23-27-29-30-28-23/h7-14H,4-6,15H2,1-3H3,(H,27,28,29,30). The predicted molar refractivity (Wildman–Crippen MR) is 124 cm³/mol. The van der Waals surface area contributed by atoms with Gasteiger partial charge in [-0.3, -0.25) is 0 Å². The third-order valence-electron chi connectivity index (χ3n) is 5.80. The number of benzene rings is 1. The smallest absolute Gasteiger partial charge is 0.221 e. The van der Waals surface area contributed by atoms with Crippen molar-refractivity contribution in [2.75, 3.05) is 0 Å². The summed E-state index contributed by atoms with van der Waals surface area (Å²) in [4.78, 5) is 9.52. The van der Waals surface area contributed by atoms with E-state index in [2.05, 4.69) is 92.0 Å². The molecule has 4 heterocycles. The molecule has 32 heavy (non-hydrogen) atoms. The molecule has 0 unspecified atom stereocenters. The average Bonchev–Trinajstić information content (AvgIpc) is 3.54. The Kier molecular flexibility index (Phi) is 5.26. The molecule has 0 spiro atoms. The van der Waals surface area contributed by atoms with Gasteiger partial charge in [0.05, 0.1) is 12.2 Å². The van der Waals surface area contributed by atoms with E-state index in [-0.39, 0.29) is 0 Å². The van der Waals surface area contributed by atoms with E-state index in [9.17, 15) is 0 Å². The van der Waals surface area contributed by atoms with Gasteiger partial charge in [0.15, 0.2) is 5.65 Å². The molecule has 0 aliphatic carbocycles. The number of nitrogens with zero attached hydrogens (tertiary/aromatic N) is 7. The molecular formula is C24H26N8. The van der Waals surface area contributed by atoms with E-state index in [1.165, 1.54) is 11.1 Å². The second kappa shape index (κ2) is 8.37. The van der Waals surface area contributed by atoms with Crippen molar-refractivity contribution in [3.05, 3.63) is 71.3 Å². The number of imidazole rings is 1. The summed E-state index contributed by atoms with van der Waals surface area (Å²) in [6.45, 7) is 7.16. The lowest BCUT2D eigenvalue weighted by atomic mass is 10.2. The number of H-pyrrole nitrogens is 1. The van der Waals surface area contributed by atoms with Gasteiger partial charge in [-0.2, -0.15) is 5.21 Å². The van der Waals surface area contributed by atoms with Crippen molar-refractivity contribution in [2.45, 2.75) is 46.6 Å². The van der Waals surface area contributed by atoms with E-state index in [4.69, 9.17) is 4.98 Å². The highest BCUT2D eigenvalue weighted by molar-refractivity contribution is 5.75. The Bertz CT molecular complexity index is 1340. The number of pyridine rings is 1. The van der Waals surface area contributed by atoms with Crippen LogP contribution in [-0.2, 0) is 19.4 Å². The van der Waals surface area contributed by atoms with Gasteiger partial charge in [-0.15, -0.1) is 10.2 Å². The van der Waals surface area contributed by atoms with Gasteiger partial charge in [0.25, 0.3) is 0 Å². The summed E-state index contributed by atoms with van der Waals surface area (Å²) in [5, 5.41) is 14.6. The van der Waals surface area contributed by atoms with Crippen molar-refractivity contribution in [3.8, 4) is 17.2 Å². The van der Waals surface area contributed by atoms with Crippen molar-refractivity contribution in [3.63, 3.8) is 0 Å². The van der Waals surface area contributed by atoms with Gasteiger partial charge in [0, 0.05) is 24.5 Å². The largest absolute Gasteiger partial charge is 0.313 e. The summed E-state index contributed by atoms with van der Waals surface area (Å²) in [6, 6.07) is 12.7. The first-order chi connectivity index (χ1) is 15.7. The minimum atomic E-state index is 0.587. The maximum absolute atomic E-state index is 4.89. The normalized spacial score (nSPS) is 11.5. The van der Waals surface area contributed by atoms with Crippen molar-refractivity contribution in [2.24, 2.45) is 0 Å². The minimum Gasteiger partial charge on any atom is -0.313 e. The molecule has 0 aliphatic rings. The van der Waals surface area contributed by atoms with Gasteiger partial charge in [-0.1, -0.05) is 26.0 Å². The highest BCUT2D eigenvalue weighted by Gasteiger charge is 2.15. The molecule has 0 aliphatic heterocycles. The number of hydrogen-bond donors (Lipinski definition) is 1. The van der Waals surface area contributed by atoms with Crippen LogP contribution in [0.5, 0.6) is 0 Å². The number of nitrogens with one attached hydrogen (secondary N) is 1. The van der Waals surface area contributed by atoms with Gasteiger partial charge in [-0.25, -0.2) is 9.97 Å². The molecule has 8 heteroatoms. The Hall–Kier alpha value is -3.81. The molecule has 0 radical (unpaired) electrons. The van der Waals surface area contributed by atoms with E-state index >= 15 is 0 Å². The molecule has 8 nitrogen and oxygen atoms in total. The molecule has 0 amide bonds. The summed E-state index contributed by atoms with van der Waals surface area (Å²) in [5.41, 5.74) is 7.53. The van der Waals surface area contributed by atoms with Crippen molar-refractivity contribution >= 4 is 11.2 Å². The number of tetrazole rings is 1. The molecule has 162 valence electrons. The van der Waals surface area contributed by atoms with Gasteiger partial charge in [0.1, 0.15) is 11.3 Å². The molecule has 0 saturated carbocycles. The third kappa shape index (κ3) is 3.57. The molecule has 4 aromatic heterocycles. The van der Waals surface area contributed by atoms with Crippen molar-refractivity contribution in [1.82, 2.24) is 39.7 Å². The van der Waals surface area contributed by atoms with E-state index < -0.39 is 0 Å². The first kappa shape index (κ1) is 20.1. The summed E-state index contributed by atoms with van der Waals surface area (Å²) in [5.74, 6) is 1.68. The quantitative estimate of drug-likeness (QED) is 0.420. The van der Waals surface area contributed by atoms with Crippen molar-refractivity contribution < 1.29 is 0 Å². The first-order valence-electron chi connectivity index (χ1n) is 11.0. The Morgan fingerprint density at radius 2 is 1.88 bits per heavy atom. The highest BCUT2D eigenvalue weighted by atomic mass is 15.5. The lowest BCUT2D eigenvalue weighted by Gasteiger charge is -2.11. The van der Waals surface area contributed by atoms with E-state index in [1.807, 2.05) is 12.3 Å². The van der Waals surface area contributed by atoms with Crippen LogP contribution in [0.3, 0.4) is 0 Å². The SMILES string of the molecule is CCCc1nc2c(C)ccnc2n1Cc1ccc(-n2cc(CC)cc2-c2nn[nH]n2)cc1. The monoisotopic (exact) mass is 426 g/mol.